The van der Waals surface area contributed by atoms with Crippen LogP contribution in [0.4, 0.5) is 0 Å². The van der Waals surface area contributed by atoms with E-state index in [2.05, 4.69) is 30.0 Å². The maximum Gasteiger partial charge on any atom is -0.0293 e. The lowest BCUT2D eigenvalue weighted by atomic mass is 10.1. The topological polar surface area (TPSA) is 0 Å². The predicted octanol–water partition coefficient (Wildman–Crippen LogP) is 2.69. The molecular weight excluding hydrogens is 115 g/mol. The van der Waals surface area contributed by atoms with Crippen molar-refractivity contribution in [1.29, 1.82) is 0 Å². The van der Waals surface area contributed by atoms with Gasteiger partial charge in [0.05, 0.1) is 0 Å². The summed E-state index contributed by atoms with van der Waals surface area (Å²) in [5.74, 6) is 0.873. The number of hydrogen-bond acceptors (Lipinski definition) is 0. The van der Waals surface area contributed by atoms with Gasteiger partial charge in [0.25, 0.3) is 0 Å². The van der Waals surface area contributed by atoms with Crippen molar-refractivity contribution < 1.29 is 0 Å². The van der Waals surface area contributed by atoms with Crippen LogP contribution in [0.25, 0.3) is 0 Å². The van der Waals surface area contributed by atoms with Gasteiger partial charge in [0.15, 0.2) is 0 Å². The van der Waals surface area contributed by atoms with E-state index in [0.717, 1.165) is 11.6 Å². The molecule has 0 amide bonds. The Labute approximate surface area is 55.3 Å². The van der Waals surface area contributed by atoms with E-state index in [1.165, 1.54) is 12.8 Å². The van der Waals surface area contributed by atoms with Crippen LogP contribution in [0.3, 0.4) is 0 Å². The lowest BCUT2D eigenvalue weighted by Crippen LogP contribution is -1.93. The van der Waals surface area contributed by atoms with E-state index < -0.39 is 0 Å². The summed E-state index contributed by atoms with van der Waals surface area (Å²) in [4.78, 5) is 0. The van der Waals surface area contributed by atoms with Crippen LogP contribution in [0.15, 0.2) is 0 Å². The molecule has 0 rings (SSSR count). The third-order valence-electron chi connectivity index (χ3n) is 1.20. The molecule has 0 saturated heterocycles. The van der Waals surface area contributed by atoms with Crippen LogP contribution in [-0.4, -0.2) is 5.66 Å². The van der Waals surface area contributed by atoms with Gasteiger partial charge >= 0.3 is 0 Å². The maximum atomic E-state index is 2.82. The summed E-state index contributed by atoms with van der Waals surface area (Å²) in [5, 5.41) is 0. The standard InChI is InChI=1S/C7H17P/c1-6(2)4-5-7(3)8/h6-7H,4-5,8H2,1-3H3/t7-/m0/s1. The molecule has 0 nitrogen and oxygen atoms in total. The van der Waals surface area contributed by atoms with Gasteiger partial charge in [-0.25, -0.2) is 0 Å². The molecule has 0 aromatic carbocycles. The molecule has 0 fully saturated rings. The fourth-order valence-corrected chi connectivity index (χ4v) is 0.789. The second-order valence-electron chi connectivity index (χ2n) is 2.95. The van der Waals surface area contributed by atoms with Crippen molar-refractivity contribution in [2.45, 2.75) is 39.3 Å². The first kappa shape index (κ1) is 8.43. The minimum atomic E-state index is 0.803. The smallest absolute Gasteiger partial charge is 0.0293 e. The molecule has 1 unspecified atom stereocenters. The number of rotatable bonds is 3. The second kappa shape index (κ2) is 4.32. The maximum absolute atomic E-state index is 2.82. The first-order valence-corrected chi connectivity index (χ1v) is 4.05. The van der Waals surface area contributed by atoms with Crippen LogP contribution < -0.4 is 0 Å². The van der Waals surface area contributed by atoms with Crippen molar-refractivity contribution >= 4 is 9.24 Å². The Bertz CT molecular complexity index is 40.3. The number of hydrogen-bond donors (Lipinski definition) is 0. The fourth-order valence-electron chi connectivity index (χ4n) is 0.596. The lowest BCUT2D eigenvalue weighted by Gasteiger charge is -2.05. The van der Waals surface area contributed by atoms with E-state index in [1.54, 1.807) is 0 Å². The van der Waals surface area contributed by atoms with Gasteiger partial charge in [-0.2, -0.15) is 0 Å². The minimum absolute atomic E-state index is 0.803. The van der Waals surface area contributed by atoms with Gasteiger partial charge in [-0.15, -0.1) is 9.24 Å². The van der Waals surface area contributed by atoms with Gasteiger partial charge in [-0.1, -0.05) is 27.2 Å². The van der Waals surface area contributed by atoms with E-state index in [9.17, 15) is 0 Å². The van der Waals surface area contributed by atoms with Gasteiger partial charge in [0.1, 0.15) is 0 Å². The average Bonchev–Trinajstić information content (AvgIpc) is 1.61. The van der Waals surface area contributed by atoms with Crippen molar-refractivity contribution in [2.75, 3.05) is 0 Å². The van der Waals surface area contributed by atoms with Crippen molar-refractivity contribution in [3.05, 3.63) is 0 Å². The van der Waals surface area contributed by atoms with Crippen LogP contribution in [0, 0.1) is 5.92 Å². The molecule has 1 heteroatoms. The Kier molecular flexibility index (Phi) is 4.56. The molecule has 0 aromatic heterocycles. The Morgan fingerprint density at radius 3 is 1.75 bits per heavy atom. The zero-order valence-electron chi connectivity index (χ0n) is 6.15. The van der Waals surface area contributed by atoms with Crippen molar-refractivity contribution in [2.24, 2.45) is 5.92 Å². The monoisotopic (exact) mass is 132 g/mol. The molecule has 2 atom stereocenters. The molecule has 0 saturated carbocycles. The molecule has 8 heavy (non-hydrogen) atoms. The highest BCUT2D eigenvalue weighted by molar-refractivity contribution is 7.17. The van der Waals surface area contributed by atoms with Crippen molar-refractivity contribution in [3.8, 4) is 0 Å². The predicted molar refractivity (Wildman–Crippen MR) is 43.2 cm³/mol. The lowest BCUT2D eigenvalue weighted by molar-refractivity contribution is 0.555. The molecule has 0 aliphatic rings. The van der Waals surface area contributed by atoms with Crippen LogP contribution in [0.1, 0.15) is 33.6 Å². The molecule has 0 spiro atoms. The minimum Gasteiger partial charge on any atom is -0.135 e. The average molecular weight is 132 g/mol. The van der Waals surface area contributed by atoms with E-state index in [1.807, 2.05) is 0 Å². The highest BCUT2D eigenvalue weighted by Gasteiger charge is 1.95. The van der Waals surface area contributed by atoms with E-state index in [-0.39, 0.29) is 0 Å². The molecule has 0 heterocycles. The molecule has 0 aliphatic heterocycles. The Morgan fingerprint density at radius 1 is 1.12 bits per heavy atom. The second-order valence-corrected chi connectivity index (χ2v) is 4.09. The normalized spacial score (nSPS) is 14.6. The highest BCUT2D eigenvalue weighted by Crippen LogP contribution is 2.11. The van der Waals surface area contributed by atoms with Crippen LogP contribution in [0.5, 0.6) is 0 Å². The fraction of sp³-hybridized carbons (Fsp3) is 1.00. The molecule has 0 N–H and O–H groups in total. The molecule has 0 aromatic rings. The van der Waals surface area contributed by atoms with Crippen molar-refractivity contribution in [1.82, 2.24) is 0 Å². The summed E-state index contributed by atoms with van der Waals surface area (Å²) >= 11 is 0. The van der Waals surface area contributed by atoms with E-state index in [0.29, 0.717) is 0 Å². The Morgan fingerprint density at radius 2 is 1.62 bits per heavy atom. The largest absolute Gasteiger partial charge is 0.135 e. The van der Waals surface area contributed by atoms with Gasteiger partial charge in [0, 0.05) is 0 Å². The third kappa shape index (κ3) is 6.43. The van der Waals surface area contributed by atoms with E-state index >= 15 is 0 Å². The zero-order chi connectivity index (χ0) is 6.57. The van der Waals surface area contributed by atoms with Gasteiger partial charge in [-0.05, 0) is 18.0 Å². The summed E-state index contributed by atoms with van der Waals surface area (Å²) in [6.45, 7) is 6.78. The molecule has 50 valence electrons. The molecule has 0 bridgehead atoms. The van der Waals surface area contributed by atoms with Crippen LogP contribution in [-0.2, 0) is 0 Å². The van der Waals surface area contributed by atoms with Crippen LogP contribution in [0.2, 0.25) is 0 Å². The summed E-state index contributed by atoms with van der Waals surface area (Å²) in [6.07, 6.45) is 2.72. The van der Waals surface area contributed by atoms with Gasteiger partial charge < -0.3 is 0 Å². The summed E-state index contributed by atoms with van der Waals surface area (Å²) in [5.41, 5.74) is 0.803. The third-order valence-corrected chi connectivity index (χ3v) is 1.53. The van der Waals surface area contributed by atoms with Gasteiger partial charge in [0.2, 0.25) is 0 Å². The highest BCUT2D eigenvalue weighted by atomic mass is 31.0. The summed E-state index contributed by atoms with van der Waals surface area (Å²) in [6, 6.07) is 0. The zero-order valence-corrected chi connectivity index (χ0v) is 7.30. The van der Waals surface area contributed by atoms with Crippen LogP contribution >= 0.6 is 9.24 Å². The first-order valence-electron chi connectivity index (χ1n) is 3.38. The Balaban J connectivity index is 2.93. The molecular formula is C7H17P. The summed E-state index contributed by atoms with van der Waals surface area (Å²) in [7, 11) is 2.82. The van der Waals surface area contributed by atoms with Gasteiger partial charge in [-0.3, -0.25) is 0 Å². The Hall–Kier alpha value is 0.430. The quantitative estimate of drug-likeness (QED) is 0.518. The SMILES string of the molecule is CC(C)CC[C@H](C)P. The molecule has 0 aliphatic carbocycles. The van der Waals surface area contributed by atoms with E-state index in [4.69, 9.17) is 0 Å². The van der Waals surface area contributed by atoms with Crippen molar-refractivity contribution in [3.63, 3.8) is 0 Å². The molecule has 0 radical (unpaired) electrons. The first-order chi connectivity index (χ1) is 3.63. The summed E-state index contributed by atoms with van der Waals surface area (Å²) < 4.78 is 0.